The average Bonchev–Trinajstić information content (AvgIpc) is 3.14. The van der Waals surface area contributed by atoms with Gasteiger partial charge in [0.2, 0.25) is 0 Å². The maximum absolute atomic E-state index is 12.5. The molecule has 0 saturated carbocycles. The molecule has 1 heterocycles. The lowest BCUT2D eigenvalue weighted by molar-refractivity contribution is 0.0696. The van der Waals surface area contributed by atoms with Crippen LogP contribution >= 0.6 is 23.2 Å². The van der Waals surface area contributed by atoms with Crippen molar-refractivity contribution in [1.29, 1.82) is 0 Å². The van der Waals surface area contributed by atoms with E-state index < -0.39 is 11.9 Å². The summed E-state index contributed by atoms with van der Waals surface area (Å²) in [6.45, 7) is 0. The molecule has 3 aromatic rings. The van der Waals surface area contributed by atoms with Gasteiger partial charge < -0.3 is 19.6 Å². The van der Waals surface area contributed by atoms with E-state index in [0.717, 1.165) is 0 Å². The van der Waals surface area contributed by atoms with Crippen LogP contribution in [-0.4, -0.2) is 24.1 Å². The first-order valence-electron chi connectivity index (χ1n) is 7.67. The lowest BCUT2D eigenvalue weighted by atomic mass is 10.2. The molecule has 1 amide bonds. The molecule has 0 aliphatic heterocycles. The van der Waals surface area contributed by atoms with Crippen LogP contribution in [0.1, 0.15) is 20.9 Å². The third-order valence-electron chi connectivity index (χ3n) is 3.74. The molecule has 0 spiro atoms. The molecule has 0 radical (unpaired) electrons. The van der Waals surface area contributed by atoms with Gasteiger partial charge in [-0.25, -0.2) is 4.79 Å². The summed E-state index contributed by atoms with van der Waals surface area (Å²) in [4.78, 5) is 23.6. The second-order valence-corrected chi connectivity index (χ2v) is 6.22. The van der Waals surface area contributed by atoms with Crippen molar-refractivity contribution in [2.45, 2.75) is 0 Å². The molecule has 0 atom stereocenters. The number of carboxylic acid groups (broad SMARTS) is 1. The van der Waals surface area contributed by atoms with E-state index in [-0.39, 0.29) is 17.0 Å². The highest BCUT2D eigenvalue weighted by Gasteiger charge is 2.17. The van der Waals surface area contributed by atoms with Crippen LogP contribution in [0.25, 0.3) is 11.3 Å². The van der Waals surface area contributed by atoms with Gasteiger partial charge in [-0.1, -0.05) is 29.3 Å². The van der Waals surface area contributed by atoms with Crippen LogP contribution in [0, 0.1) is 0 Å². The quantitative estimate of drug-likeness (QED) is 0.607. The maximum Gasteiger partial charge on any atom is 0.335 e. The standard InChI is InChI=1S/C19H13Cl2NO5/c1-26-15-6-5-10(19(24)25)9-13(15)22-18(23)16-8-7-14(27-16)11-3-2-4-12(20)17(11)21/h2-9H,1H3,(H,22,23)(H,24,25). The third kappa shape index (κ3) is 3.92. The fraction of sp³-hybridized carbons (Fsp3) is 0.0526. The molecule has 2 N–H and O–H groups in total. The van der Waals surface area contributed by atoms with E-state index in [4.69, 9.17) is 37.5 Å². The number of methoxy groups -OCH3 is 1. The van der Waals surface area contributed by atoms with Crippen molar-refractivity contribution in [3.05, 3.63) is 69.9 Å². The molecular weight excluding hydrogens is 393 g/mol. The van der Waals surface area contributed by atoms with Crippen LogP contribution in [0.2, 0.25) is 10.0 Å². The minimum Gasteiger partial charge on any atom is -0.495 e. The van der Waals surface area contributed by atoms with Crippen LogP contribution in [-0.2, 0) is 0 Å². The average molecular weight is 406 g/mol. The molecule has 138 valence electrons. The van der Waals surface area contributed by atoms with Crippen molar-refractivity contribution in [3.8, 4) is 17.1 Å². The number of furan rings is 1. The third-order valence-corrected chi connectivity index (χ3v) is 4.56. The molecule has 0 aliphatic carbocycles. The van der Waals surface area contributed by atoms with E-state index in [2.05, 4.69) is 5.32 Å². The van der Waals surface area contributed by atoms with E-state index in [0.29, 0.717) is 27.1 Å². The molecular formula is C19H13Cl2NO5. The van der Waals surface area contributed by atoms with Crippen LogP contribution < -0.4 is 10.1 Å². The van der Waals surface area contributed by atoms with Gasteiger partial charge >= 0.3 is 5.97 Å². The Balaban J connectivity index is 1.88. The van der Waals surface area contributed by atoms with Gasteiger partial charge in [0.1, 0.15) is 11.5 Å². The van der Waals surface area contributed by atoms with Gasteiger partial charge in [-0.05, 0) is 42.5 Å². The highest BCUT2D eigenvalue weighted by molar-refractivity contribution is 6.43. The van der Waals surface area contributed by atoms with Crippen molar-refractivity contribution in [1.82, 2.24) is 0 Å². The van der Waals surface area contributed by atoms with Crippen LogP contribution in [0.4, 0.5) is 5.69 Å². The number of carboxylic acids is 1. The van der Waals surface area contributed by atoms with Crippen molar-refractivity contribution in [3.63, 3.8) is 0 Å². The Labute approximate surface area is 164 Å². The minimum atomic E-state index is -1.12. The van der Waals surface area contributed by atoms with E-state index in [1.54, 1.807) is 24.3 Å². The van der Waals surface area contributed by atoms with Crippen molar-refractivity contribution in [2.24, 2.45) is 0 Å². The zero-order valence-electron chi connectivity index (χ0n) is 14.0. The Bertz CT molecular complexity index is 1030. The first-order chi connectivity index (χ1) is 12.9. The van der Waals surface area contributed by atoms with Crippen LogP contribution in [0.5, 0.6) is 5.75 Å². The summed E-state index contributed by atoms with van der Waals surface area (Å²) >= 11 is 12.2. The van der Waals surface area contributed by atoms with Gasteiger partial charge in [0, 0.05) is 5.56 Å². The van der Waals surface area contributed by atoms with E-state index >= 15 is 0 Å². The zero-order chi connectivity index (χ0) is 19.6. The number of amides is 1. The van der Waals surface area contributed by atoms with Crippen molar-refractivity contribution >= 4 is 40.8 Å². The number of carbonyl (C=O) groups is 2. The number of ether oxygens (including phenoxy) is 1. The lowest BCUT2D eigenvalue weighted by Crippen LogP contribution is -2.12. The van der Waals surface area contributed by atoms with Gasteiger partial charge in [0.25, 0.3) is 5.91 Å². The molecule has 2 aromatic carbocycles. The smallest absolute Gasteiger partial charge is 0.335 e. The summed E-state index contributed by atoms with van der Waals surface area (Å²) in [6.07, 6.45) is 0. The zero-order valence-corrected chi connectivity index (χ0v) is 15.5. The van der Waals surface area contributed by atoms with E-state index in [1.165, 1.54) is 31.4 Å². The SMILES string of the molecule is COc1ccc(C(=O)O)cc1NC(=O)c1ccc(-c2cccc(Cl)c2Cl)o1. The van der Waals surface area contributed by atoms with Gasteiger partial charge in [-0.15, -0.1) is 0 Å². The summed E-state index contributed by atoms with van der Waals surface area (Å²) < 4.78 is 10.7. The fourth-order valence-corrected chi connectivity index (χ4v) is 2.82. The molecule has 0 bridgehead atoms. The monoisotopic (exact) mass is 405 g/mol. The highest BCUT2D eigenvalue weighted by Crippen LogP contribution is 2.34. The number of hydrogen-bond acceptors (Lipinski definition) is 4. The maximum atomic E-state index is 12.5. The second kappa shape index (κ2) is 7.73. The van der Waals surface area contributed by atoms with Crippen LogP contribution in [0.3, 0.4) is 0 Å². The van der Waals surface area contributed by atoms with Gasteiger partial charge in [-0.2, -0.15) is 0 Å². The topological polar surface area (TPSA) is 88.8 Å². The summed E-state index contributed by atoms with van der Waals surface area (Å²) in [7, 11) is 1.41. The molecule has 0 aliphatic rings. The minimum absolute atomic E-state index is 0.0111. The number of hydrogen-bond donors (Lipinski definition) is 2. The Morgan fingerprint density at radius 1 is 1.11 bits per heavy atom. The molecule has 3 rings (SSSR count). The predicted molar refractivity (Wildman–Crippen MR) is 102 cm³/mol. The summed E-state index contributed by atoms with van der Waals surface area (Å²) in [5.41, 5.74) is 0.770. The molecule has 1 aromatic heterocycles. The lowest BCUT2D eigenvalue weighted by Gasteiger charge is -2.10. The van der Waals surface area contributed by atoms with Crippen molar-refractivity contribution < 1.29 is 23.8 Å². The number of aromatic carboxylic acids is 1. The first kappa shape index (κ1) is 18.8. The Hall–Kier alpha value is -2.96. The predicted octanol–water partition coefficient (Wildman–Crippen LogP) is 5.21. The van der Waals surface area contributed by atoms with Gasteiger partial charge in [0.15, 0.2) is 5.76 Å². The summed E-state index contributed by atoms with van der Waals surface area (Å²) in [6, 6.07) is 12.3. The number of nitrogens with one attached hydrogen (secondary N) is 1. The summed E-state index contributed by atoms with van der Waals surface area (Å²) in [5.74, 6) is -0.981. The van der Waals surface area contributed by atoms with E-state index in [9.17, 15) is 9.59 Å². The second-order valence-electron chi connectivity index (χ2n) is 5.44. The summed E-state index contributed by atoms with van der Waals surface area (Å²) in [5, 5.41) is 12.4. The molecule has 27 heavy (non-hydrogen) atoms. The molecule has 8 heteroatoms. The highest BCUT2D eigenvalue weighted by atomic mass is 35.5. The van der Waals surface area contributed by atoms with E-state index in [1.807, 2.05) is 0 Å². The Kier molecular flexibility index (Phi) is 5.39. The number of carbonyl (C=O) groups excluding carboxylic acids is 1. The number of rotatable bonds is 5. The van der Waals surface area contributed by atoms with Gasteiger partial charge in [-0.3, -0.25) is 4.79 Å². The largest absolute Gasteiger partial charge is 0.495 e. The van der Waals surface area contributed by atoms with Crippen LogP contribution in [0.15, 0.2) is 52.9 Å². The first-order valence-corrected chi connectivity index (χ1v) is 8.43. The van der Waals surface area contributed by atoms with Gasteiger partial charge in [0.05, 0.1) is 28.4 Å². The normalized spacial score (nSPS) is 10.5. The number of benzene rings is 2. The van der Waals surface area contributed by atoms with Crippen molar-refractivity contribution in [2.75, 3.05) is 12.4 Å². The Morgan fingerprint density at radius 2 is 1.89 bits per heavy atom. The molecule has 0 saturated heterocycles. The Morgan fingerprint density at radius 3 is 2.59 bits per heavy atom. The number of halogens is 2. The number of anilines is 1. The molecule has 6 nitrogen and oxygen atoms in total. The molecule has 0 fully saturated rings. The fourth-order valence-electron chi connectivity index (χ4n) is 2.42. The molecule has 0 unspecified atom stereocenters.